The summed E-state index contributed by atoms with van der Waals surface area (Å²) < 4.78 is 53.5. The van der Waals surface area contributed by atoms with E-state index < -0.39 is 23.6 Å². The molecule has 0 amide bonds. The quantitative estimate of drug-likeness (QED) is 0.321. The molecule has 1 N–H and O–H groups in total. The highest BCUT2D eigenvalue weighted by Crippen LogP contribution is 2.39. The summed E-state index contributed by atoms with van der Waals surface area (Å²) in [5, 5.41) is 9.25. The van der Waals surface area contributed by atoms with Gasteiger partial charge in [-0.05, 0) is 53.1 Å². The Hall–Kier alpha value is -3.59. The number of likely N-dealkylation sites (tertiary alicyclic amines) is 1. The molecule has 6 rings (SSSR count). The number of ether oxygens (including phenoxy) is 2. The molecule has 1 aliphatic carbocycles. The van der Waals surface area contributed by atoms with Crippen molar-refractivity contribution in [2.45, 2.75) is 64.0 Å². The first-order valence-corrected chi connectivity index (χ1v) is 14.1. The molecule has 1 aromatic heterocycles. The Morgan fingerprint density at radius 3 is 2.56 bits per heavy atom. The zero-order chi connectivity index (χ0) is 29.1. The van der Waals surface area contributed by atoms with Crippen molar-refractivity contribution >= 4 is 5.97 Å². The molecule has 41 heavy (non-hydrogen) atoms. The highest BCUT2D eigenvalue weighted by molar-refractivity contribution is 5.70. The maximum absolute atomic E-state index is 14.8. The summed E-state index contributed by atoms with van der Waals surface area (Å²) in [7, 11) is 1.45. The highest BCUT2D eigenvalue weighted by atomic mass is 19.3. The highest BCUT2D eigenvalue weighted by Gasteiger charge is 2.43. The second-order valence-corrected chi connectivity index (χ2v) is 11.2. The lowest BCUT2D eigenvalue weighted by molar-refractivity contribution is -0.141. The minimum absolute atomic E-state index is 0.239. The van der Waals surface area contributed by atoms with E-state index in [4.69, 9.17) is 9.47 Å². The van der Waals surface area contributed by atoms with E-state index in [2.05, 4.69) is 4.98 Å². The first-order valence-electron chi connectivity index (χ1n) is 14.1. The van der Waals surface area contributed by atoms with Gasteiger partial charge in [0.1, 0.15) is 17.7 Å². The van der Waals surface area contributed by atoms with E-state index in [0.29, 0.717) is 23.3 Å². The number of aliphatic carboxylic acids is 1. The molecule has 3 aromatic rings. The van der Waals surface area contributed by atoms with Gasteiger partial charge >= 0.3 is 5.97 Å². The number of alkyl halides is 2. The third-order valence-corrected chi connectivity index (χ3v) is 7.53. The van der Waals surface area contributed by atoms with Gasteiger partial charge in [0, 0.05) is 18.2 Å². The molecule has 2 aliphatic heterocycles. The summed E-state index contributed by atoms with van der Waals surface area (Å²) in [6.07, 6.45) is 7.21. The molecule has 2 unspecified atom stereocenters. The van der Waals surface area contributed by atoms with Crippen LogP contribution >= 0.6 is 0 Å². The predicted octanol–water partition coefficient (Wildman–Crippen LogP) is 6.85. The zero-order valence-corrected chi connectivity index (χ0v) is 23.3. The van der Waals surface area contributed by atoms with Crippen molar-refractivity contribution in [1.29, 1.82) is 0 Å². The molecular weight excluding hydrogens is 533 g/mol. The molecule has 2 aromatic carbocycles. The van der Waals surface area contributed by atoms with Gasteiger partial charge in [0.05, 0.1) is 32.3 Å². The number of fused-ring (bicyclic) bond motifs is 1. The summed E-state index contributed by atoms with van der Waals surface area (Å²) in [6.45, 7) is 1.22. The van der Waals surface area contributed by atoms with Gasteiger partial charge in [0.2, 0.25) is 5.88 Å². The van der Waals surface area contributed by atoms with E-state index in [1.54, 1.807) is 17.9 Å². The monoisotopic (exact) mass is 568 g/mol. The van der Waals surface area contributed by atoms with Crippen molar-refractivity contribution in [2.24, 2.45) is 5.92 Å². The number of rotatable bonds is 8. The number of pyridine rings is 1. The maximum Gasteiger partial charge on any atom is 0.306 e. The van der Waals surface area contributed by atoms with E-state index in [1.165, 1.54) is 32.4 Å². The standard InChI is InChI=1S/C29H29F3N2O4.C3H6/c1-17(28(35)36)9-18-3-4-19-6-8-25(38-26(19)10-18)20-5-7-22(23-12-27(37-2)33-13-24(23)30)21(11-20)14-34-15-29(31,32)16-34;1-2-3-1/h3-5,7,10-13,17,25H,6,8-9,14-16H2,1-2H3,(H,35,36);1-3H2. The van der Waals surface area contributed by atoms with Gasteiger partial charge < -0.3 is 14.6 Å². The number of carboxylic acids is 1. The first-order chi connectivity index (χ1) is 19.6. The fourth-order valence-corrected chi connectivity index (χ4v) is 5.12. The average Bonchev–Trinajstić information content (AvgIpc) is 3.82. The molecule has 1 saturated heterocycles. The minimum Gasteiger partial charge on any atom is -0.485 e. The van der Waals surface area contributed by atoms with E-state index in [0.717, 1.165) is 35.7 Å². The Labute approximate surface area is 238 Å². The summed E-state index contributed by atoms with van der Waals surface area (Å²) >= 11 is 0. The zero-order valence-electron chi connectivity index (χ0n) is 23.3. The summed E-state index contributed by atoms with van der Waals surface area (Å²) in [4.78, 5) is 16.8. The lowest BCUT2D eigenvalue weighted by Crippen LogP contribution is -2.55. The van der Waals surface area contributed by atoms with E-state index >= 15 is 0 Å². The lowest BCUT2D eigenvalue weighted by atomic mass is 9.91. The Kier molecular flexibility index (Phi) is 8.54. The van der Waals surface area contributed by atoms with Gasteiger partial charge in [-0.2, -0.15) is 0 Å². The normalized spacial score (nSPS) is 19.5. The molecule has 218 valence electrons. The van der Waals surface area contributed by atoms with Gasteiger partial charge in [-0.3, -0.25) is 9.69 Å². The molecule has 0 bridgehead atoms. The van der Waals surface area contributed by atoms with Crippen molar-refractivity contribution < 1.29 is 32.5 Å². The lowest BCUT2D eigenvalue weighted by Gasteiger charge is -2.39. The van der Waals surface area contributed by atoms with Gasteiger partial charge in [0.15, 0.2) is 0 Å². The molecular formula is C32H35F3N2O4. The third-order valence-electron chi connectivity index (χ3n) is 7.53. The maximum atomic E-state index is 14.8. The number of aryl methyl sites for hydroxylation is 1. The molecule has 2 atom stereocenters. The van der Waals surface area contributed by atoms with Crippen molar-refractivity contribution in [2.75, 3.05) is 20.2 Å². The van der Waals surface area contributed by atoms with Gasteiger partial charge in [-0.15, -0.1) is 0 Å². The molecule has 6 nitrogen and oxygen atoms in total. The summed E-state index contributed by atoms with van der Waals surface area (Å²) in [6, 6.07) is 12.9. The molecule has 0 spiro atoms. The van der Waals surface area contributed by atoms with Gasteiger partial charge in [0.25, 0.3) is 5.92 Å². The number of benzene rings is 2. The second-order valence-electron chi connectivity index (χ2n) is 11.2. The van der Waals surface area contributed by atoms with E-state index in [1.807, 2.05) is 30.3 Å². The van der Waals surface area contributed by atoms with E-state index in [9.17, 15) is 23.1 Å². The molecule has 3 aliphatic rings. The number of hydrogen-bond acceptors (Lipinski definition) is 5. The number of hydrogen-bond donors (Lipinski definition) is 1. The molecule has 2 fully saturated rings. The van der Waals surface area contributed by atoms with Crippen LogP contribution in [0.3, 0.4) is 0 Å². The van der Waals surface area contributed by atoms with Gasteiger partial charge in [-0.1, -0.05) is 56.5 Å². The molecule has 0 radical (unpaired) electrons. The minimum atomic E-state index is -2.71. The van der Waals surface area contributed by atoms with Gasteiger partial charge in [-0.25, -0.2) is 18.2 Å². The Morgan fingerprint density at radius 1 is 1.15 bits per heavy atom. The number of methoxy groups -OCH3 is 1. The topological polar surface area (TPSA) is 71.9 Å². The fraction of sp³-hybridized carbons (Fsp3) is 0.438. The van der Waals surface area contributed by atoms with Crippen LogP contribution in [-0.2, 0) is 24.2 Å². The van der Waals surface area contributed by atoms with Crippen molar-refractivity contribution in [3.63, 3.8) is 0 Å². The Morgan fingerprint density at radius 2 is 1.90 bits per heavy atom. The largest absolute Gasteiger partial charge is 0.485 e. The molecule has 9 heteroatoms. The Balaban J connectivity index is 0.00000106. The fourth-order valence-electron chi connectivity index (χ4n) is 5.12. The average molecular weight is 569 g/mol. The molecule has 1 saturated carbocycles. The second kappa shape index (κ2) is 12.1. The van der Waals surface area contributed by atoms with Crippen molar-refractivity contribution in [3.8, 4) is 22.8 Å². The van der Waals surface area contributed by atoms with Crippen LogP contribution in [-0.4, -0.2) is 47.1 Å². The van der Waals surface area contributed by atoms with Crippen LogP contribution in [0, 0.1) is 11.7 Å². The van der Waals surface area contributed by atoms with Crippen LogP contribution in [0.1, 0.15) is 61.0 Å². The number of aromatic nitrogens is 1. The van der Waals surface area contributed by atoms with Crippen LogP contribution in [0.5, 0.6) is 11.6 Å². The van der Waals surface area contributed by atoms with Crippen molar-refractivity contribution in [3.05, 3.63) is 76.7 Å². The number of halogens is 3. The van der Waals surface area contributed by atoms with Crippen LogP contribution in [0.25, 0.3) is 11.1 Å². The predicted molar refractivity (Wildman–Crippen MR) is 149 cm³/mol. The smallest absolute Gasteiger partial charge is 0.306 e. The third kappa shape index (κ3) is 7.19. The number of carbonyl (C=O) groups is 1. The summed E-state index contributed by atoms with van der Waals surface area (Å²) in [5.41, 5.74) is 4.40. The molecule has 3 heterocycles. The Bertz CT molecular complexity index is 1400. The van der Waals surface area contributed by atoms with Crippen LogP contribution in [0.15, 0.2) is 48.7 Å². The van der Waals surface area contributed by atoms with Crippen molar-refractivity contribution in [1.82, 2.24) is 9.88 Å². The number of carboxylic acid groups (broad SMARTS) is 1. The SMILES string of the molecule is C1CC1.COc1cc(-c2ccc(C3CCc4ccc(CC(C)C(=O)O)cc4O3)cc2CN2CC(F)(F)C2)c(F)cn1. The van der Waals surface area contributed by atoms with Crippen LogP contribution in [0.4, 0.5) is 13.2 Å². The van der Waals surface area contributed by atoms with Crippen LogP contribution in [0.2, 0.25) is 0 Å². The van der Waals surface area contributed by atoms with Crippen LogP contribution < -0.4 is 9.47 Å². The number of nitrogens with zero attached hydrogens (tertiary/aromatic N) is 2. The summed E-state index contributed by atoms with van der Waals surface area (Å²) in [5.74, 6) is -3.63. The van der Waals surface area contributed by atoms with E-state index in [-0.39, 0.29) is 37.2 Å². The first kappa shape index (κ1) is 28.9.